The number of benzene rings is 8. The number of fused-ring (bicyclic) bond motifs is 10. The summed E-state index contributed by atoms with van der Waals surface area (Å²) in [5.41, 5.74) is 15.8. The zero-order valence-electron chi connectivity index (χ0n) is 31.9. The molecule has 0 bridgehead atoms. The summed E-state index contributed by atoms with van der Waals surface area (Å²) in [4.78, 5) is 12.7. The third-order valence-electron chi connectivity index (χ3n) is 12.6. The minimum Gasteiger partial charge on any atom is -0.483 e. The second kappa shape index (κ2) is 11.8. The van der Waals surface area contributed by atoms with Crippen LogP contribution in [0.3, 0.4) is 0 Å². The van der Waals surface area contributed by atoms with E-state index in [-0.39, 0.29) is 27.8 Å². The van der Waals surface area contributed by atoms with Gasteiger partial charge in [-0.05, 0) is 83.7 Å². The van der Waals surface area contributed by atoms with E-state index >= 15 is 0 Å². The van der Waals surface area contributed by atoms with E-state index in [4.69, 9.17) is 19.4 Å². The number of nitrogens with zero attached hydrogens (tertiary/aromatic N) is 7. The fraction of sp³-hybridized carbons (Fsp3) is 0. The van der Waals surface area contributed by atoms with Crippen molar-refractivity contribution in [2.75, 3.05) is 4.90 Å². The maximum absolute atomic E-state index is 6.97. The van der Waals surface area contributed by atoms with Gasteiger partial charge in [0.1, 0.15) is 17.2 Å². The van der Waals surface area contributed by atoms with Gasteiger partial charge in [0, 0.05) is 11.4 Å². The van der Waals surface area contributed by atoms with E-state index in [1.165, 1.54) is 0 Å². The summed E-state index contributed by atoms with van der Waals surface area (Å²) in [6.45, 7) is -0.125. The molecule has 0 amide bonds. The van der Waals surface area contributed by atoms with Crippen LogP contribution in [0.4, 0.5) is 17.1 Å². The molecule has 4 aromatic heterocycles. The van der Waals surface area contributed by atoms with Crippen LogP contribution < -0.4 is 30.8 Å². The first-order valence-corrected chi connectivity index (χ1v) is 20.0. The van der Waals surface area contributed by atoms with E-state index in [1.807, 2.05) is 30.3 Å². The molecule has 0 unspecified atom stereocenters. The molecule has 0 N–H and O–H groups in total. The number of hydrogen-bond donors (Lipinski definition) is 0. The number of rotatable bonds is 3. The number of para-hydroxylation sites is 8. The Kier molecular flexibility index (Phi) is 6.45. The summed E-state index contributed by atoms with van der Waals surface area (Å²) in [5, 5.41) is 0. The van der Waals surface area contributed by atoms with Crippen molar-refractivity contribution < 1.29 is 30.5 Å². The zero-order valence-corrected chi connectivity index (χ0v) is 34.1. The van der Waals surface area contributed by atoms with E-state index in [1.54, 1.807) is 0 Å². The van der Waals surface area contributed by atoms with Gasteiger partial charge in [0.05, 0.1) is 44.1 Å². The molecular weight excluding hydrogens is 936 g/mol. The van der Waals surface area contributed by atoms with Crippen molar-refractivity contribution in [3.05, 3.63) is 170 Å². The van der Waals surface area contributed by atoms with Crippen molar-refractivity contribution in [2.45, 2.75) is 0 Å². The molecule has 0 saturated carbocycles. The van der Waals surface area contributed by atoms with Crippen LogP contribution in [0.1, 0.15) is 0 Å². The van der Waals surface area contributed by atoms with Gasteiger partial charge in [-0.15, -0.1) is 35.8 Å². The van der Waals surface area contributed by atoms with Crippen LogP contribution in [-0.2, 0) is 21.1 Å². The Bertz CT molecular complexity index is 3900. The molecule has 15 rings (SSSR count). The van der Waals surface area contributed by atoms with Crippen LogP contribution in [0.25, 0.3) is 67.1 Å². The van der Waals surface area contributed by atoms with Gasteiger partial charge in [-0.25, -0.2) is 9.97 Å². The maximum atomic E-state index is 6.97. The summed E-state index contributed by atoms with van der Waals surface area (Å²) in [5.74, 6) is 4.83. The predicted octanol–water partition coefficient (Wildman–Crippen LogP) is 9.28. The fourth-order valence-electron chi connectivity index (χ4n) is 10.2. The van der Waals surface area contributed by atoms with E-state index in [9.17, 15) is 0 Å². The van der Waals surface area contributed by atoms with Crippen LogP contribution >= 0.6 is 0 Å². The monoisotopic (exact) mass is 962 g/mol. The second-order valence-electron chi connectivity index (χ2n) is 15.7. The molecule has 0 atom stereocenters. The predicted molar refractivity (Wildman–Crippen MR) is 236 cm³/mol. The van der Waals surface area contributed by atoms with Gasteiger partial charge in [0.15, 0.2) is 6.71 Å². The number of aromatic nitrogens is 6. The molecule has 0 aliphatic carbocycles. The van der Waals surface area contributed by atoms with Gasteiger partial charge in [0.2, 0.25) is 11.6 Å². The molecule has 0 radical (unpaired) electrons. The van der Waals surface area contributed by atoms with E-state index in [0.717, 1.165) is 124 Å². The standard InChI is InChI=1S/C50H26BN7O2.Pt/c1-3-16-34-32(14-1)52-49-55(36-18-5-7-20-38(36)57(34)49)30-13-9-12-29(26-30)54-40-22-10-23-42-46(40)51-47-41(54)27-31(28-45(47)60-44-25-11-24-43(59-42)48(44)51)56-37-19-6-8-21-39(37)58-35-17-4-2-15-33(35)53-50(56)58;/h1-25,28H;/q-2;+2. The van der Waals surface area contributed by atoms with Gasteiger partial charge < -0.3 is 23.5 Å². The summed E-state index contributed by atoms with van der Waals surface area (Å²) in [6, 6.07) is 62.3. The minimum atomic E-state index is -0.125. The molecule has 9 nitrogen and oxygen atoms in total. The molecule has 11 heteroatoms. The van der Waals surface area contributed by atoms with Gasteiger partial charge in [-0.3, -0.25) is 8.80 Å². The molecule has 286 valence electrons. The van der Waals surface area contributed by atoms with Crippen molar-refractivity contribution in [3.63, 3.8) is 0 Å². The smallest absolute Gasteiger partial charge is 0.483 e. The molecule has 3 aliphatic rings. The first kappa shape index (κ1) is 33.3. The molecule has 12 aromatic rings. The maximum Gasteiger partial charge on any atom is 2.00 e. The normalized spacial score (nSPS) is 13.3. The summed E-state index contributed by atoms with van der Waals surface area (Å²) >= 11 is 0. The summed E-state index contributed by atoms with van der Waals surface area (Å²) in [7, 11) is 0. The minimum absolute atomic E-state index is 0. The number of hydrogen-bond acceptors (Lipinski definition) is 5. The van der Waals surface area contributed by atoms with Gasteiger partial charge >= 0.3 is 21.1 Å². The third kappa shape index (κ3) is 4.19. The number of anilines is 3. The van der Waals surface area contributed by atoms with Gasteiger partial charge in [0.25, 0.3) is 0 Å². The Morgan fingerprint density at radius 3 is 1.59 bits per heavy atom. The van der Waals surface area contributed by atoms with Crippen LogP contribution in [0.5, 0.6) is 23.0 Å². The quantitative estimate of drug-likeness (QED) is 0.131. The van der Waals surface area contributed by atoms with Crippen molar-refractivity contribution in [1.82, 2.24) is 27.9 Å². The first-order chi connectivity index (χ1) is 29.8. The molecule has 0 spiro atoms. The van der Waals surface area contributed by atoms with Gasteiger partial charge in [-0.1, -0.05) is 83.4 Å². The summed E-state index contributed by atoms with van der Waals surface area (Å²) < 4.78 is 22.6. The van der Waals surface area contributed by atoms with Crippen LogP contribution in [0.15, 0.2) is 158 Å². The SMILES string of the molecule is [Pt+2].[c-]1c(N2c3[c-]c(-n4c5ccccc5n5c6ccccc6nc45)cc4c3B3c5c(cccc5Oc5cccc2c53)O4)cccc1-n1c2ccccc2n2c3ccccc3nc12. The second-order valence-corrected chi connectivity index (χ2v) is 15.7. The molecule has 3 aliphatic heterocycles. The first-order valence-electron chi connectivity index (χ1n) is 20.0. The molecule has 8 aromatic carbocycles. The van der Waals surface area contributed by atoms with Gasteiger partial charge in [-0.2, -0.15) is 6.07 Å². The Hall–Kier alpha value is -7.55. The van der Waals surface area contributed by atoms with E-state index in [0.29, 0.717) is 0 Å². The average Bonchev–Trinajstić information content (AvgIpc) is 4.03. The van der Waals surface area contributed by atoms with E-state index < -0.39 is 0 Å². The molecule has 61 heavy (non-hydrogen) atoms. The zero-order chi connectivity index (χ0) is 38.8. The van der Waals surface area contributed by atoms with Crippen molar-refractivity contribution in [1.29, 1.82) is 0 Å². The van der Waals surface area contributed by atoms with Crippen molar-refractivity contribution in [3.8, 4) is 34.4 Å². The van der Waals surface area contributed by atoms with Crippen molar-refractivity contribution in [2.24, 2.45) is 0 Å². The van der Waals surface area contributed by atoms with E-state index in [2.05, 4.69) is 162 Å². The van der Waals surface area contributed by atoms with Crippen LogP contribution in [0.2, 0.25) is 0 Å². The van der Waals surface area contributed by atoms with Crippen LogP contribution in [0, 0.1) is 12.1 Å². The Labute approximate surface area is 361 Å². The largest absolute Gasteiger partial charge is 2.00 e. The Balaban J connectivity index is 0.00000365. The molecule has 0 fully saturated rings. The Morgan fingerprint density at radius 2 is 0.934 bits per heavy atom. The topological polar surface area (TPSA) is 66.2 Å². The number of ether oxygens (including phenoxy) is 2. The average molecular weight is 963 g/mol. The molecule has 7 heterocycles. The van der Waals surface area contributed by atoms with Crippen molar-refractivity contribution >= 4 is 95.9 Å². The molecular formula is C50H26BN7O2Pt. The third-order valence-corrected chi connectivity index (χ3v) is 12.6. The summed E-state index contributed by atoms with van der Waals surface area (Å²) in [6.07, 6.45) is 0. The Morgan fingerprint density at radius 1 is 0.426 bits per heavy atom. The van der Waals surface area contributed by atoms with Crippen LogP contribution in [-0.4, -0.2) is 34.6 Å². The molecule has 0 saturated heterocycles. The fourth-order valence-corrected chi connectivity index (χ4v) is 10.2. The number of imidazole rings is 4.